The Morgan fingerprint density at radius 3 is 1.67 bits per heavy atom. The van der Waals surface area contributed by atoms with Gasteiger partial charge in [0.25, 0.3) is 0 Å². The molecule has 15 heavy (non-hydrogen) atoms. The molecular weight excluding hydrogens is 264 g/mol. The molecule has 1 aromatic rings. The Morgan fingerprint density at radius 1 is 1.00 bits per heavy atom. The smallest absolute Gasteiger partial charge is 0.174 e. The van der Waals surface area contributed by atoms with Crippen LogP contribution in [0.25, 0.3) is 0 Å². The first-order valence-electron chi connectivity index (χ1n) is 4.47. The average Bonchev–Trinajstić information content (AvgIpc) is 2.48. The van der Waals surface area contributed by atoms with Crippen molar-refractivity contribution in [2.24, 2.45) is 5.92 Å². The van der Waals surface area contributed by atoms with Gasteiger partial charge in [0.05, 0.1) is 13.8 Å². The summed E-state index contributed by atoms with van der Waals surface area (Å²) in [6.07, 6.45) is 0. The molecule has 0 bridgehead atoms. The molecule has 0 atom stereocenters. The molecule has 4 heteroatoms. The second kappa shape index (κ2) is 6.34. The van der Waals surface area contributed by atoms with Crippen molar-refractivity contribution >= 4 is 19.4 Å². The summed E-state index contributed by atoms with van der Waals surface area (Å²) >= 11 is 0. The number of hydrogen-bond donors (Lipinski definition) is 0. The zero-order chi connectivity index (χ0) is 10.7. The van der Waals surface area contributed by atoms with Crippen molar-refractivity contribution in [2.75, 3.05) is 0 Å². The fourth-order valence-electron chi connectivity index (χ4n) is 1.50. The van der Waals surface area contributed by atoms with Crippen molar-refractivity contribution in [2.45, 2.75) is 13.7 Å². The van der Waals surface area contributed by atoms with Crippen LogP contribution in [0.4, 0.5) is 0 Å². The van der Waals surface area contributed by atoms with Gasteiger partial charge in [-0.15, -0.1) is 0 Å². The van der Waals surface area contributed by atoms with Crippen LogP contribution in [-0.4, -0.2) is 19.4 Å². The van der Waals surface area contributed by atoms with E-state index in [0.717, 1.165) is 0 Å². The molecule has 0 saturated heterocycles. The van der Waals surface area contributed by atoms with Crippen molar-refractivity contribution in [3.8, 4) is 0 Å². The van der Waals surface area contributed by atoms with Crippen LogP contribution < -0.4 is 0 Å². The molecule has 0 amide bonds. The second-order valence-electron chi connectivity index (χ2n) is 3.00. The van der Waals surface area contributed by atoms with Gasteiger partial charge in [-0.3, -0.25) is 9.59 Å². The fourth-order valence-corrected chi connectivity index (χ4v) is 1.50. The normalized spacial score (nSPS) is 13.7. The van der Waals surface area contributed by atoms with E-state index in [9.17, 15) is 9.59 Å². The quantitative estimate of drug-likeness (QED) is 0.535. The Kier molecular flexibility index (Phi) is 6.23. The minimum absolute atomic E-state index is 0. The second-order valence-corrected chi connectivity index (χ2v) is 3.00. The number of benzene rings is 1. The molecule has 0 fully saturated rings. The van der Waals surface area contributed by atoms with Gasteiger partial charge in [-0.1, -0.05) is 31.1 Å². The fraction of sp³-hybridized carbons (Fsp3) is 0.273. The molecule has 0 saturated carbocycles. The van der Waals surface area contributed by atoms with Gasteiger partial charge >= 0.3 is 0 Å². The van der Waals surface area contributed by atoms with Crippen molar-refractivity contribution in [3.05, 3.63) is 35.4 Å². The molecule has 73 valence electrons. The molecule has 1 aliphatic carbocycles. The maximum Gasteiger partial charge on any atom is 0.174 e. The van der Waals surface area contributed by atoms with Crippen LogP contribution in [0.15, 0.2) is 24.3 Å². The van der Waals surface area contributed by atoms with Gasteiger partial charge < -0.3 is 0 Å². The maximum absolute atomic E-state index is 11.4. The van der Waals surface area contributed by atoms with Crippen LogP contribution in [0, 0.1) is 5.92 Å². The zero-order valence-electron chi connectivity index (χ0n) is 8.86. The van der Waals surface area contributed by atoms with Gasteiger partial charge in [0, 0.05) is 43.8 Å². The SMILES string of the molecule is CC1C(=O)c2ccccc2C1=O.[B]C.[Y]. The first-order valence-corrected chi connectivity index (χ1v) is 4.47. The van der Waals surface area contributed by atoms with Gasteiger partial charge in [0.1, 0.15) is 0 Å². The first kappa shape index (κ1) is 14.7. The average molecular weight is 275 g/mol. The van der Waals surface area contributed by atoms with Gasteiger partial charge in [0.2, 0.25) is 0 Å². The van der Waals surface area contributed by atoms with Gasteiger partial charge in [-0.25, -0.2) is 0 Å². The van der Waals surface area contributed by atoms with E-state index >= 15 is 0 Å². The number of carbonyl (C=O) groups is 2. The molecule has 2 nitrogen and oxygen atoms in total. The number of ketones is 2. The third kappa shape index (κ3) is 2.64. The Hall–Kier alpha value is -0.271. The predicted molar refractivity (Wildman–Crippen MR) is 55.9 cm³/mol. The predicted octanol–water partition coefficient (Wildman–Crippen LogP) is 1.90. The molecule has 1 aliphatic rings. The van der Waals surface area contributed by atoms with Crippen LogP contribution in [0.1, 0.15) is 27.6 Å². The van der Waals surface area contributed by atoms with Crippen molar-refractivity contribution in [3.63, 3.8) is 0 Å². The largest absolute Gasteiger partial charge is 0.293 e. The minimum Gasteiger partial charge on any atom is -0.293 e. The molecule has 0 spiro atoms. The van der Waals surface area contributed by atoms with Crippen LogP contribution in [0.2, 0.25) is 6.82 Å². The van der Waals surface area contributed by atoms with Crippen molar-refractivity contribution in [1.29, 1.82) is 0 Å². The van der Waals surface area contributed by atoms with Gasteiger partial charge in [-0.05, 0) is 6.92 Å². The Bertz CT molecular complexity index is 342. The zero-order valence-corrected chi connectivity index (χ0v) is 11.7. The number of carbonyl (C=O) groups excluding carboxylic acids is 2. The first-order chi connectivity index (χ1) is 6.72. The van der Waals surface area contributed by atoms with E-state index in [0.29, 0.717) is 11.1 Å². The summed E-state index contributed by atoms with van der Waals surface area (Å²) in [4.78, 5) is 22.8. The topological polar surface area (TPSA) is 34.1 Å². The Balaban J connectivity index is 0.000000617. The number of Topliss-reactive ketones (excluding diaryl/α,β-unsaturated/α-hetero) is 2. The van der Waals surface area contributed by atoms with E-state index in [1.54, 1.807) is 31.2 Å². The van der Waals surface area contributed by atoms with Crippen LogP contribution in [-0.2, 0) is 32.7 Å². The summed E-state index contributed by atoms with van der Waals surface area (Å²) < 4.78 is 0. The third-order valence-electron chi connectivity index (χ3n) is 2.24. The van der Waals surface area contributed by atoms with E-state index in [2.05, 4.69) is 7.85 Å². The van der Waals surface area contributed by atoms with E-state index in [4.69, 9.17) is 0 Å². The van der Waals surface area contributed by atoms with Crippen LogP contribution in [0.5, 0.6) is 0 Å². The van der Waals surface area contributed by atoms with E-state index < -0.39 is 5.92 Å². The summed E-state index contributed by atoms with van der Waals surface area (Å²) in [5, 5.41) is 0. The Morgan fingerprint density at radius 2 is 1.33 bits per heavy atom. The van der Waals surface area contributed by atoms with Crippen LogP contribution in [0.3, 0.4) is 0 Å². The van der Waals surface area contributed by atoms with E-state index in [-0.39, 0.29) is 44.3 Å². The van der Waals surface area contributed by atoms with Crippen LogP contribution >= 0.6 is 0 Å². The molecule has 1 aromatic carbocycles. The summed E-state index contributed by atoms with van der Waals surface area (Å²) in [5.41, 5.74) is 1.16. The number of fused-ring (bicyclic) bond motifs is 1. The monoisotopic (exact) mass is 275 g/mol. The standard InChI is InChI=1S/C10H8O2.CH3B.Y/c1-6-9(11)7-4-2-3-5-8(7)10(6)12;1-2;/h2-6H,1H3;1H3;. The van der Waals surface area contributed by atoms with E-state index in [1.807, 2.05) is 0 Å². The van der Waals surface area contributed by atoms with E-state index in [1.165, 1.54) is 6.82 Å². The molecule has 0 unspecified atom stereocenters. The van der Waals surface area contributed by atoms with Crippen molar-refractivity contribution in [1.82, 2.24) is 0 Å². The van der Waals surface area contributed by atoms with Crippen molar-refractivity contribution < 1.29 is 42.3 Å². The molecule has 3 radical (unpaired) electrons. The molecular formula is C11H11BO2Y. The number of hydrogen-bond acceptors (Lipinski definition) is 2. The third-order valence-corrected chi connectivity index (χ3v) is 2.24. The summed E-state index contributed by atoms with van der Waals surface area (Å²) in [5.74, 6) is -0.561. The van der Waals surface area contributed by atoms with Gasteiger partial charge in [0.15, 0.2) is 11.6 Å². The molecule has 2 rings (SSSR count). The summed E-state index contributed by atoms with van der Waals surface area (Å²) in [7, 11) is 4.50. The van der Waals surface area contributed by atoms with Gasteiger partial charge in [-0.2, -0.15) is 0 Å². The number of rotatable bonds is 0. The summed E-state index contributed by atoms with van der Waals surface area (Å²) in [6.45, 7) is 3.16. The molecule has 0 aromatic heterocycles. The maximum atomic E-state index is 11.4. The molecule has 0 aliphatic heterocycles. The molecule has 0 N–H and O–H groups in total. The Labute approximate surface area is 116 Å². The minimum atomic E-state index is -0.470. The summed E-state index contributed by atoms with van der Waals surface area (Å²) in [6, 6.07) is 6.97. The molecule has 0 heterocycles.